The second kappa shape index (κ2) is 4.42. The Labute approximate surface area is 73.5 Å². The number of hydrogen-bond donors (Lipinski definition) is 2. The molecule has 0 aliphatic carbocycles. The van der Waals surface area contributed by atoms with Crippen LogP contribution in [0.1, 0.15) is 20.8 Å². The van der Waals surface area contributed by atoms with Gasteiger partial charge < -0.3 is 15.8 Å². The average molecular weight is 174 g/mol. The van der Waals surface area contributed by atoms with Crippen LogP contribution in [-0.4, -0.2) is 31.2 Å². The molecule has 0 spiro atoms. The summed E-state index contributed by atoms with van der Waals surface area (Å²) in [6.07, 6.45) is -0.433. The van der Waals surface area contributed by atoms with Crippen LogP contribution in [0.2, 0.25) is 0 Å². The van der Waals surface area contributed by atoms with Gasteiger partial charge in [0.25, 0.3) is 0 Å². The molecule has 1 amide bonds. The maximum Gasteiger partial charge on any atom is 0.248 e. The average Bonchev–Trinajstić information content (AvgIpc) is 1.97. The molecule has 4 heteroatoms. The van der Waals surface area contributed by atoms with Crippen molar-refractivity contribution >= 4 is 5.91 Å². The third-order valence-electron chi connectivity index (χ3n) is 1.32. The van der Waals surface area contributed by atoms with Crippen LogP contribution >= 0.6 is 0 Å². The molecule has 0 aromatic rings. The van der Waals surface area contributed by atoms with Crippen LogP contribution in [0, 0.1) is 0 Å². The van der Waals surface area contributed by atoms with E-state index in [1.807, 2.05) is 13.8 Å². The highest BCUT2D eigenvalue weighted by Crippen LogP contribution is 2.00. The summed E-state index contributed by atoms with van der Waals surface area (Å²) in [6, 6.07) is 0. The van der Waals surface area contributed by atoms with E-state index in [-0.39, 0.29) is 11.4 Å². The zero-order valence-corrected chi connectivity index (χ0v) is 8.18. The van der Waals surface area contributed by atoms with Crippen LogP contribution in [0.3, 0.4) is 0 Å². The van der Waals surface area contributed by atoms with Crippen molar-refractivity contribution in [2.75, 3.05) is 13.7 Å². The first-order valence-electron chi connectivity index (χ1n) is 3.99. The Morgan fingerprint density at radius 3 is 2.50 bits per heavy atom. The molecule has 1 atom stereocenters. The van der Waals surface area contributed by atoms with Gasteiger partial charge in [-0.15, -0.1) is 0 Å². The van der Waals surface area contributed by atoms with E-state index in [4.69, 9.17) is 10.5 Å². The van der Waals surface area contributed by atoms with Gasteiger partial charge in [0.2, 0.25) is 5.91 Å². The number of nitrogens with one attached hydrogen (secondary N) is 1. The summed E-state index contributed by atoms with van der Waals surface area (Å²) in [5.74, 6) is -0.126. The number of carbonyl (C=O) groups excluding carboxylic acids is 1. The fraction of sp³-hybridized carbons (Fsp3) is 0.875. The Bertz CT molecular complexity index is 152. The molecule has 0 saturated carbocycles. The molecule has 0 aliphatic heterocycles. The molecule has 4 nitrogen and oxygen atoms in total. The Balaban J connectivity index is 3.72. The second-order valence-electron chi connectivity index (χ2n) is 3.56. The highest BCUT2D eigenvalue weighted by atomic mass is 16.5. The van der Waals surface area contributed by atoms with Crippen molar-refractivity contribution in [2.45, 2.75) is 32.4 Å². The lowest BCUT2D eigenvalue weighted by Crippen LogP contribution is -2.41. The first-order chi connectivity index (χ1) is 5.37. The summed E-state index contributed by atoms with van der Waals surface area (Å²) >= 11 is 0. The summed E-state index contributed by atoms with van der Waals surface area (Å²) in [5, 5.41) is 2.50. The minimum Gasteiger partial charge on any atom is -0.367 e. The van der Waals surface area contributed by atoms with E-state index < -0.39 is 6.10 Å². The third-order valence-corrected chi connectivity index (χ3v) is 1.32. The van der Waals surface area contributed by atoms with E-state index >= 15 is 0 Å². The van der Waals surface area contributed by atoms with E-state index in [9.17, 15) is 4.79 Å². The van der Waals surface area contributed by atoms with Crippen molar-refractivity contribution in [3.05, 3.63) is 0 Å². The van der Waals surface area contributed by atoms with E-state index in [2.05, 4.69) is 5.32 Å². The van der Waals surface area contributed by atoms with Gasteiger partial charge >= 0.3 is 0 Å². The molecular formula is C8H18N2O2. The van der Waals surface area contributed by atoms with Gasteiger partial charge in [0.1, 0.15) is 6.10 Å². The summed E-state index contributed by atoms with van der Waals surface area (Å²) in [6.45, 7) is 5.78. The lowest BCUT2D eigenvalue weighted by atomic mass is 10.1. The SMILES string of the molecule is CNC(=O)C(C)OCC(C)(C)N. The maximum atomic E-state index is 11.0. The lowest BCUT2D eigenvalue weighted by Gasteiger charge is -2.20. The van der Waals surface area contributed by atoms with Crippen LogP contribution in [0.15, 0.2) is 0 Å². The van der Waals surface area contributed by atoms with Crippen LogP contribution < -0.4 is 11.1 Å². The molecule has 3 N–H and O–H groups in total. The van der Waals surface area contributed by atoms with Gasteiger partial charge in [0.15, 0.2) is 0 Å². The van der Waals surface area contributed by atoms with Gasteiger partial charge in [-0.05, 0) is 20.8 Å². The summed E-state index contributed by atoms with van der Waals surface area (Å²) < 4.78 is 5.22. The van der Waals surface area contributed by atoms with E-state index in [0.29, 0.717) is 6.61 Å². The molecule has 0 fully saturated rings. The standard InChI is InChI=1S/C8H18N2O2/c1-6(7(11)10-4)12-5-8(2,3)9/h6H,5,9H2,1-4H3,(H,10,11). The molecular weight excluding hydrogens is 156 g/mol. The van der Waals surface area contributed by atoms with Crippen molar-refractivity contribution in [3.63, 3.8) is 0 Å². The number of amides is 1. The van der Waals surface area contributed by atoms with Crippen LogP contribution in [0.5, 0.6) is 0 Å². The third kappa shape index (κ3) is 5.09. The van der Waals surface area contributed by atoms with E-state index in [1.165, 1.54) is 0 Å². The fourth-order valence-electron chi connectivity index (χ4n) is 0.619. The molecule has 72 valence electrons. The Morgan fingerprint density at radius 2 is 2.17 bits per heavy atom. The van der Waals surface area contributed by atoms with Gasteiger partial charge in [-0.25, -0.2) is 0 Å². The van der Waals surface area contributed by atoms with Crippen molar-refractivity contribution in [1.29, 1.82) is 0 Å². The maximum absolute atomic E-state index is 11.0. The van der Waals surface area contributed by atoms with Crippen LogP contribution in [-0.2, 0) is 9.53 Å². The summed E-state index contributed by atoms with van der Waals surface area (Å²) in [7, 11) is 1.58. The molecule has 0 rings (SSSR count). The molecule has 0 radical (unpaired) electrons. The number of carbonyl (C=O) groups is 1. The summed E-state index contributed by atoms with van der Waals surface area (Å²) in [5.41, 5.74) is 5.28. The highest BCUT2D eigenvalue weighted by Gasteiger charge is 2.16. The fourth-order valence-corrected chi connectivity index (χ4v) is 0.619. The second-order valence-corrected chi connectivity index (χ2v) is 3.56. The molecule has 0 saturated heterocycles. The van der Waals surface area contributed by atoms with Crippen molar-refractivity contribution in [1.82, 2.24) is 5.32 Å². The smallest absolute Gasteiger partial charge is 0.248 e. The topological polar surface area (TPSA) is 64.3 Å². The monoisotopic (exact) mass is 174 g/mol. The van der Waals surface area contributed by atoms with Crippen molar-refractivity contribution in [3.8, 4) is 0 Å². The Hall–Kier alpha value is -0.610. The first-order valence-corrected chi connectivity index (χ1v) is 3.99. The lowest BCUT2D eigenvalue weighted by molar-refractivity contribution is -0.132. The highest BCUT2D eigenvalue weighted by molar-refractivity contribution is 5.79. The Kier molecular flexibility index (Phi) is 4.20. The first kappa shape index (κ1) is 11.4. The van der Waals surface area contributed by atoms with E-state index in [1.54, 1.807) is 14.0 Å². The van der Waals surface area contributed by atoms with Crippen LogP contribution in [0.25, 0.3) is 0 Å². The van der Waals surface area contributed by atoms with E-state index in [0.717, 1.165) is 0 Å². The number of hydrogen-bond acceptors (Lipinski definition) is 3. The number of likely N-dealkylation sites (N-methyl/N-ethyl adjacent to an activating group) is 1. The van der Waals surface area contributed by atoms with Gasteiger partial charge in [-0.3, -0.25) is 4.79 Å². The molecule has 0 aliphatic rings. The zero-order chi connectivity index (χ0) is 9.78. The van der Waals surface area contributed by atoms with Gasteiger partial charge in [0, 0.05) is 12.6 Å². The number of rotatable bonds is 4. The van der Waals surface area contributed by atoms with Gasteiger partial charge in [-0.2, -0.15) is 0 Å². The van der Waals surface area contributed by atoms with Gasteiger partial charge in [-0.1, -0.05) is 0 Å². The molecule has 0 heterocycles. The predicted octanol–water partition coefficient (Wildman–Crippen LogP) is -0.125. The van der Waals surface area contributed by atoms with Crippen molar-refractivity contribution < 1.29 is 9.53 Å². The normalized spacial score (nSPS) is 14.1. The summed E-state index contributed by atoms with van der Waals surface area (Å²) in [4.78, 5) is 11.0. The molecule has 0 bridgehead atoms. The predicted molar refractivity (Wildman–Crippen MR) is 47.7 cm³/mol. The molecule has 12 heavy (non-hydrogen) atoms. The molecule has 1 unspecified atom stereocenters. The number of ether oxygens (including phenoxy) is 1. The van der Waals surface area contributed by atoms with Crippen molar-refractivity contribution in [2.24, 2.45) is 5.73 Å². The Morgan fingerprint density at radius 1 is 1.67 bits per heavy atom. The zero-order valence-electron chi connectivity index (χ0n) is 8.18. The molecule has 0 aromatic carbocycles. The van der Waals surface area contributed by atoms with Crippen LogP contribution in [0.4, 0.5) is 0 Å². The number of nitrogens with two attached hydrogens (primary N) is 1. The minimum atomic E-state index is -0.433. The largest absolute Gasteiger partial charge is 0.367 e. The quantitative estimate of drug-likeness (QED) is 0.624. The molecule has 0 aromatic heterocycles. The van der Waals surface area contributed by atoms with Gasteiger partial charge in [0.05, 0.1) is 6.61 Å². The minimum absolute atomic E-state index is 0.126.